The first-order valence-electron chi connectivity index (χ1n) is 3.64. The lowest BCUT2D eigenvalue weighted by Gasteiger charge is -1.83. The zero-order valence-corrected chi connectivity index (χ0v) is 7.58. The Kier molecular flexibility index (Phi) is 3.40. The van der Waals surface area contributed by atoms with E-state index in [0.717, 1.165) is 11.8 Å². The van der Waals surface area contributed by atoms with Gasteiger partial charge < -0.3 is 5.11 Å². The standard InChI is InChI=1S/C9H8O3S/c10-5-8-4-7(6-13-8)2-1-3-9(11)12/h1-2,4-6H,3H2,(H,11,12). The SMILES string of the molecule is O=Cc1cc(C=CCC(=O)O)cs1. The van der Waals surface area contributed by atoms with Crippen molar-refractivity contribution in [1.29, 1.82) is 0 Å². The monoisotopic (exact) mass is 196 g/mol. The van der Waals surface area contributed by atoms with Crippen molar-refractivity contribution < 1.29 is 14.7 Å². The average Bonchev–Trinajstić information content (AvgIpc) is 2.52. The number of rotatable bonds is 4. The molecule has 68 valence electrons. The molecule has 0 bridgehead atoms. The molecule has 0 aliphatic heterocycles. The number of hydrogen-bond donors (Lipinski definition) is 1. The zero-order chi connectivity index (χ0) is 9.68. The van der Waals surface area contributed by atoms with E-state index in [1.54, 1.807) is 18.2 Å². The minimum Gasteiger partial charge on any atom is -0.481 e. The smallest absolute Gasteiger partial charge is 0.307 e. The molecule has 0 unspecified atom stereocenters. The Morgan fingerprint density at radius 2 is 2.38 bits per heavy atom. The molecular formula is C9H8O3S. The van der Waals surface area contributed by atoms with Gasteiger partial charge in [0.25, 0.3) is 0 Å². The van der Waals surface area contributed by atoms with Gasteiger partial charge in [0.2, 0.25) is 0 Å². The summed E-state index contributed by atoms with van der Waals surface area (Å²) >= 11 is 1.34. The van der Waals surface area contributed by atoms with Crippen molar-refractivity contribution in [2.75, 3.05) is 0 Å². The topological polar surface area (TPSA) is 54.4 Å². The van der Waals surface area contributed by atoms with Gasteiger partial charge in [0.05, 0.1) is 11.3 Å². The number of carboxylic acids is 1. The van der Waals surface area contributed by atoms with Crippen LogP contribution < -0.4 is 0 Å². The first-order valence-corrected chi connectivity index (χ1v) is 4.52. The highest BCUT2D eigenvalue weighted by atomic mass is 32.1. The predicted molar refractivity (Wildman–Crippen MR) is 51.0 cm³/mol. The van der Waals surface area contributed by atoms with Crippen LogP contribution in [0.1, 0.15) is 21.7 Å². The van der Waals surface area contributed by atoms with Crippen LogP contribution in [0.3, 0.4) is 0 Å². The fourth-order valence-corrected chi connectivity index (χ4v) is 1.49. The van der Waals surface area contributed by atoms with Crippen LogP contribution in [0.2, 0.25) is 0 Å². The quantitative estimate of drug-likeness (QED) is 0.750. The largest absolute Gasteiger partial charge is 0.481 e. The lowest BCUT2D eigenvalue weighted by Crippen LogP contribution is -1.89. The van der Waals surface area contributed by atoms with Gasteiger partial charge in [-0.1, -0.05) is 12.2 Å². The molecule has 0 saturated carbocycles. The molecule has 1 aromatic rings. The van der Waals surface area contributed by atoms with E-state index in [2.05, 4.69) is 0 Å². The van der Waals surface area contributed by atoms with E-state index in [9.17, 15) is 9.59 Å². The van der Waals surface area contributed by atoms with Gasteiger partial charge in [-0.2, -0.15) is 0 Å². The Labute approximate surface area is 79.3 Å². The Bertz CT molecular complexity index is 338. The van der Waals surface area contributed by atoms with E-state index in [-0.39, 0.29) is 6.42 Å². The second-order valence-electron chi connectivity index (χ2n) is 2.40. The fraction of sp³-hybridized carbons (Fsp3) is 0.111. The maximum absolute atomic E-state index is 10.3. The van der Waals surface area contributed by atoms with Crippen LogP contribution in [0.25, 0.3) is 6.08 Å². The van der Waals surface area contributed by atoms with Gasteiger partial charge >= 0.3 is 5.97 Å². The molecule has 0 aliphatic rings. The molecule has 1 aromatic heterocycles. The Balaban J connectivity index is 2.58. The zero-order valence-electron chi connectivity index (χ0n) is 6.77. The number of aliphatic carboxylic acids is 1. The third-order valence-electron chi connectivity index (χ3n) is 1.36. The molecule has 3 nitrogen and oxygen atoms in total. The van der Waals surface area contributed by atoms with E-state index < -0.39 is 5.97 Å². The van der Waals surface area contributed by atoms with E-state index in [0.29, 0.717) is 4.88 Å². The molecule has 0 amide bonds. The van der Waals surface area contributed by atoms with Crippen molar-refractivity contribution in [3.63, 3.8) is 0 Å². The maximum atomic E-state index is 10.3. The van der Waals surface area contributed by atoms with Crippen molar-refractivity contribution in [2.24, 2.45) is 0 Å². The van der Waals surface area contributed by atoms with Gasteiger partial charge in [0, 0.05) is 0 Å². The lowest BCUT2D eigenvalue weighted by molar-refractivity contribution is -0.135. The second-order valence-corrected chi connectivity index (χ2v) is 3.34. The molecule has 1 N–H and O–H groups in total. The highest BCUT2D eigenvalue weighted by Gasteiger charge is 1.95. The summed E-state index contributed by atoms with van der Waals surface area (Å²) in [5.41, 5.74) is 0.869. The Hall–Kier alpha value is -1.42. The molecule has 0 aliphatic carbocycles. The van der Waals surface area contributed by atoms with Crippen LogP contribution in [0.5, 0.6) is 0 Å². The summed E-state index contributed by atoms with van der Waals surface area (Å²) in [6.07, 6.45) is 4.03. The number of aldehydes is 1. The first kappa shape index (κ1) is 9.67. The molecule has 13 heavy (non-hydrogen) atoms. The van der Waals surface area contributed by atoms with E-state index in [1.165, 1.54) is 11.3 Å². The van der Waals surface area contributed by atoms with Gasteiger partial charge in [-0.15, -0.1) is 11.3 Å². The third-order valence-corrected chi connectivity index (χ3v) is 2.24. The van der Waals surface area contributed by atoms with Gasteiger partial charge in [-0.25, -0.2) is 0 Å². The number of carbonyl (C=O) groups excluding carboxylic acids is 1. The highest BCUT2D eigenvalue weighted by molar-refractivity contribution is 7.11. The summed E-state index contributed by atoms with van der Waals surface area (Å²) in [6.45, 7) is 0. The third kappa shape index (κ3) is 3.21. The molecule has 4 heteroatoms. The molecule has 0 radical (unpaired) electrons. The normalized spacial score (nSPS) is 10.5. The van der Waals surface area contributed by atoms with Crippen molar-refractivity contribution in [3.8, 4) is 0 Å². The van der Waals surface area contributed by atoms with Gasteiger partial charge in [-0.3, -0.25) is 9.59 Å². The molecule has 1 rings (SSSR count). The molecule has 0 fully saturated rings. The van der Waals surface area contributed by atoms with Crippen LogP contribution in [0, 0.1) is 0 Å². The van der Waals surface area contributed by atoms with Gasteiger partial charge in [-0.05, 0) is 17.0 Å². The number of carbonyl (C=O) groups is 2. The Morgan fingerprint density at radius 1 is 1.62 bits per heavy atom. The predicted octanol–water partition coefficient (Wildman–Crippen LogP) is 2.05. The summed E-state index contributed by atoms with van der Waals surface area (Å²) in [4.78, 5) is 21.1. The summed E-state index contributed by atoms with van der Waals surface area (Å²) in [5, 5.41) is 10.1. The summed E-state index contributed by atoms with van der Waals surface area (Å²) in [7, 11) is 0. The second kappa shape index (κ2) is 4.57. The number of thiophene rings is 1. The molecular weight excluding hydrogens is 188 g/mol. The molecule has 0 saturated heterocycles. The minimum atomic E-state index is -0.859. The molecule has 0 spiro atoms. The molecule has 0 aromatic carbocycles. The summed E-state index contributed by atoms with van der Waals surface area (Å²) < 4.78 is 0. The highest BCUT2D eigenvalue weighted by Crippen LogP contribution is 2.13. The maximum Gasteiger partial charge on any atom is 0.307 e. The fourth-order valence-electron chi connectivity index (χ4n) is 0.813. The van der Waals surface area contributed by atoms with Crippen LogP contribution in [0.15, 0.2) is 17.5 Å². The first-order chi connectivity index (χ1) is 6.22. The van der Waals surface area contributed by atoms with E-state index >= 15 is 0 Å². The van der Waals surface area contributed by atoms with E-state index in [1.807, 2.05) is 5.38 Å². The van der Waals surface area contributed by atoms with Crippen molar-refractivity contribution >= 4 is 29.7 Å². The lowest BCUT2D eigenvalue weighted by atomic mass is 10.2. The summed E-state index contributed by atoms with van der Waals surface area (Å²) in [6, 6.07) is 1.72. The van der Waals surface area contributed by atoms with Crippen molar-refractivity contribution in [1.82, 2.24) is 0 Å². The van der Waals surface area contributed by atoms with Crippen LogP contribution in [-0.4, -0.2) is 17.4 Å². The van der Waals surface area contributed by atoms with Crippen LogP contribution in [0.4, 0.5) is 0 Å². The van der Waals surface area contributed by atoms with Crippen LogP contribution >= 0.6 is 11.3 Å². The van der Waals surface area contributed by atoms with Gasteiger partial charge in [0.1, 0.15) is 0 Å². The number of carboxylic acid groups (broad SMARTS) is 1. The van der Waals surface area contributed by atoms with Gasteiger partial charge in [0.15, 0.2) is 6.29 Å². The van der Waals surface area contributed by atoms with Crippen molar-refractivity contribution in [2.45, 2.75) is 6.42 Å². The molecule has 0 atom stereocenters. The number of hydrogen-bond acceptors (Lipinski definition) is 3. The summed E-state index contributed by atoms with van der Waals surface area (Å²) in [5.74, 6) is -0.859. The van der Waals surface area contributed by atoms with Crippen LogP contribution in [-0.2, 0) is 4.79 Å². The Morgan fingerprint density at radius 3 is 2.92 bits per heavy atom. The van der Waals surface area contributed by atoms with E-state index in [4.69, 9.17) is 5.11 Å². The molecule has 1 heterocycles. The van der Waals surface area contributed by atoms with Crippen molar-refractivity contribution in [3.05, 3.63) is 28.0 Å². The average molecular weight is 196 g/mol. The minimum absolute atomic E-state index is 0.00622.